The first-order valence-corrected chi connectivity index (χ1v) is 6.10. The number of hydrogen-bond donors (Lipinski definition) is 1. The highest BCUT2D eigenvalue weighted by Gasteiger charge is 2.04. The van der Waals surface area contributed by atoms with Crippen LogP contribution in [0.5, 0.6) is 5.75 Å². The molecule has 0 fully saturated rings. The predicted octanol–water partition coefficient (Wildman–Crippen LogP) is 1.99. The Bertz CT molecular complexity index is 316. The SMILES string of the molecule is CCOCCOc1ccncc1CNC(C)C. The van der Waals surface area contributed by atoms with E-state index in [0.29, 0.717) is 19.3 Å². The van der Waals surface area contributed by atoms with E-state index in [-0.39, 0.29) is 0 Å². The van der Waals surface area contributed by atoms with Crippen molar-refractivity contribution in [2.45, 2.75) is 33.4 Å². The van der Waals surface area contributed by atoms with Gasteiger partial charge in [0.05, 0.1) is 6.61 Å². The summed E-state index contributed by atoms with van der Waals surface area (Å²) in [6.45, 7) is 8.90. The molecule has 0 atom stereocenters. The lowest BCUT2D eigenvalue weighted by molar-refractivity contribution is 0.109. The van der Waals surface area contributed by atoms with Gasteiger partial charge in [0, 0.05) is 37.2 Å². The summed E-state index contributed by atoms with van der Waals surface area (Å²) in [5.74, 6) is 0.882. The molecule has 4 heteroatoms. The number of pyridine rings is 1. The first-order valence-electron chi connectivity index (χ1n) is 6.10. The summed E-state index contributed by atoms with van der Waals surface area (Å²) in [4.78, 5) is 4.12. The van der Waals surface area contributed by atoms with Crippen molar-refractivity contribution in [2.75, 3.05) is 19.8 Å². The Balaban J connectivity index is 2.46. The summed E-state index contributed by atoms with van der Waals surface area (Å²) in [5, 5.41) is 3.35. The molecule has 1 N–H and O–H groups in total. The van der Waals surface area contributed by atoms with Crippen LogP contribution in [0.15, 0.2) is 18.5 Å². The van der Waals surface area contributed by atoms with Gasteiger partial charge >= 0.3 is 0 Å². The molecule has 17 heavy (non-hydrogen) atoms. The molecule has 1 rings (SSSR count). The van der Waals surface area contributed by atoms with Crippen molar-refractivity contribution in [1.82, 2.24) is 10.3 Å². The van der Waals surface area contributed by atoms with Crippen LogP contribution in [0.4, 0.5) is 0 Å². The molecule has 1 aromatic rings. The van der Waals surface area contributed by atoms with E-state index in [0.717, 1.165) is 24.5 Å². The van der Waals surface area contributed by atoms with Gasteiger partial charge in [0.2, 0.25) is 0 Å². The topological polar surface area (TPSA) is 43.4 Å². The minimum Gasteiger partial charge on any atom is -0.491 e. The number of rotatable bonds is 8. The molecule has 0 aliphatic carbocycles. The van der Waals surface area contributed by atoms with Crippen LogP contribution in [0, 0.1) is 0 Å². The average Bonchev–Trinajstić information content (AvgIpc) is 2.33. The van der Waals surface area contributed by atoms with Crippen molar-refractivity contribution < 1.29 is 9.47 Å². The standard InChI is InChI=1S/C13H22N2O2/c1-4-16-7-8-17-13-5-6-14-9-12(13)10-15-11(2)3/h5-6,9,11,15H,4,7-8,10H2,1-3H3. The van der Waals surface area contributed by atoms with Crippen LogP contribution in [0.1, 0.15) is 26.3 Å². The van der Waals surface area contributed by atoms with Crippen molar-refractivity contribution in [3.63, 3.8) is 0 Å². The lowest BCUT2D eigenvalue weighted by Crippen LogP contribution is -2.22. The van der Waals surface area contributed by atoms with E-state index < -0.39 is 0 Å². The van der Waals surface area contributed by atoms with Gasteiger partial charge in [0.25, 0.3) is 0 Å². The van der Waals surface area contributed by atoms with Gasteiger partial charge in [0.1, 0.15) is 12.4 Å². The number of aromatic nitrogens is 1. The fourth-order valence-corrected chi connectivity index (χ4v) is 1.36. The van der Waals surface area contributed by atoms with Crippen LogP contribution in [-0.2, 0) is 11.3 Å². The van der Waals surface area contributed by atoms with Gasteiger partial charge in [-0.15, -0.1) is 0 Å². The number of ether oxygens (including phenoxy) is 2. The highest BCUT2D eigenvalue weighted by molar-refractivity contribution is 5.29. The summed E-state index contributed by atoms with van der Waals surface area (Å²) >= 11 is 0. The van der Waals surface area contributed by atoms with Gasteiger partial charge in [-0.25, -0.2) is 0 Å². The van der Waals surface area contributed by atoms with Crippen molar-refractivity contribution in [3.05, 3.63) is 24.0 Å². The Hall–Kier alpha value is -1.13. The highest BCUT2D eigenvalue weighted by Crippen LogP contribution is 2.16. The maximum atomic E-state index is 5.67. The first-order chi connectivity index (χ1) is 8.24. The molecule has 0 saturated heterocycles. The molecule has 0 aromatic carbocycles. The van der Waals surface area contributed by atoms with E-state index in [1.165, 1.54) is 0 Å². The monoisotopic (exact) mass is 238 g/mol. The largest absolute Gasteiger partial charge is 0.491 e. The Morgan fingerprint density at radius 2 is 2.18 bits per heavy atom. The van der Waals surface area contributed by atoms with Crippen LogP contribution in [0.3, 0.4) is 0 Å². The van der Waals surface area contributed by atoms with Crippen LogP contribution in [0.25, 0.3) is 0 Å². The van der Waals surface area contributed by atoms with Crippen LogP contribution >= 0.6 is 0 Å². The third-order valence-electron chi connectivity index (χ3n) is 2.25. The van der Waals surface area contributed by atoms with Crippen molar-refractivity contribution >= 4 is 0 Å². The maximum absolute atomic E-state index is 5.67. The Morgan fingerprint density at radius 3 is 2.88 bits per heavy atom. The third-order valence-corrected chi connectivity index (χ3v) is 2.25. The predicted molar refractivity (Wildman–Crippen MR) is 68.2 cm³/mol. The van der Waals surface area contributed by atoms with Crippen LogP contribution in [0.2, 0.25) is 0 Å². The molecule has 96 valence electrons. The Labute approximate surface area is 103 Å². The van der Waals surface area contributed by atoms with Gasteiger partial charge in [0.15, 0.2) is 0 Å². The van der Waals surface area contributed by atoms with Gasteiger partial charge in [-0.3, -0.25) is 4.98 Å². The fraction of sp³-hybridized carbons (Fsp3) is 0.615. The van der Waals surface area contributed by atoms with Crippen molar-refractivity contribution in [3.8, 4) is 5.75 Å². The lowest BCUT2D eigenvalue weighted by atomic mass is 10.2. The molecule has 0 aliphatic heterocycles. The Kier molecular flexibility index (Phi) is 6.58. The zero-order valence-corrected chi connectivity index (χ0v) is 10.9. The molecular weight excluding hydrogens is 216 g/mol. The Morgan fingerprint density at radius 1 is 1.35 bits per heavy atom. The molecule has 0 spiro atoms. The molecule has 1 aromatic heterocycles. The number of nitrogens with zero attached hydrogens (tertiary/aromatic N) is 1. The van der Waals surface area contributed by atoms with Gasteiger partial charge < -0.3 is 14.8 Å². The van der Waals surface area contributed by atoms with Gasteiger partial charge in [-0.2, -0.15) is 0 Å². The van der Waals surface area contributed by atoms with Crippen molar-refractivity contribution in [2.24, 2.45) is 0 Å². The lowest BCUT2D eigenvalue weighted by Gasteiger charge is -2.13. The fourth-order valence-electron chi connectivity index (χ4n) is 1.36. The second kappa shape index (κ2) is 8.03. The second-order valence-electron chi connectivity index (χ2n) is 4.06. The van der Waals surface area contributed by atoms with E-state index in [1.807, 2.05) is 19.2 Å². The van der Waals surface area contributed by atoms with E-state index in [9.17, 15) is 0 Å². The zero-order valence-electron chi connectivity index (χ0n) is 10.9. The summed E-state index contributed by atoms with van der Waals surface area (Å²) in [6.07, 6.45) is 3.58. The normalized spacial score (nSPS) is 10.8. The van der Waals surface area contributed by atoms with Gasteiger partial charge in [-0.1, -0.05) is 13.8 Å². The summed E-state index contributed by atoms with van der Waals surface area (Å²) in [6, 6.07) is 2.34. The summed E-state index contributed by atoms with van der Waals surface area (Å²) in [7, 11) is 0. The summed E-state index contributed by atoms with van der Waals surface area (Å²) in [5.41, 5.74) is 1.08. The quantitative estimate of drug-likeness (QED) is 0.703. The molecule has 1 heterocycles. The molecule has 0 unspecified atom stereocenters. The smallest absolute Gasteiger partial charge is 0.126 e. The van der Waals surface area contributed by atoms with E-state index in [1.54, 1.807) is 6.20 Å². The van der Waals surface area contributed by atoms with Crippen LogP contribution < -0.4 is 10.1 Å². The third kappa shape index (κ3) is 5.65. The number of nitrogens with one attached hydrogen (secondary N) is 1. The van der Waals surface area contributed by atoms with Crippen LogP contribution in [-0.4, -0.2) is 30.8 Å². The van der Waals surface area contributed by atoms with E-state index in [2.05, 4.69) is 24.1 Å². The van der Waals surface area contributed by atoms with E-state index >= 15 is 0 Å². The molecule has 4 nitrogen and oxygen atoms in total. The second-order valence-corrected chi connectivity index (χ2v) is 4.06. The molecule has 0 saturated carbocycles. The molecule has 0 amide bonds. The minimum atomic E-state index is 0.450. The molecule has 0 radical (unpaired) electrons. The van der Waals surface area contributed by atoms with E-state index in [4.69, 9.17) is 9.47 Å². The zero-order chi connectivity index (χ0) is 12.5. The maximum Gasteiger partial charge on any atom is 0.126 e. The summed E-state index contributed by atoms with van der Waals surface area (Å²) < 4.78 is 10.9. The minimum absolute atomic E-state index is 0.450. The molecule has 0 bridgehead atoms. The first kappa shape index (κ1) is 13.9. The molecule has 0 aliphatic rings. The number of hydrogen-bond acceptors (Lipinski definition) is 4. The van der Waals surface area contributed by atoms with Gasteiger partial charge in [-0.05, 0) is 13.0 Å². The van der Waals surface area contributed by atoms with Crippen molar-refractivity contribution in [1.29, 1.82) is 0 Å². The average molecular weight is 238 g/mol. The highest BCUT2D eigenvalue weighted by atomic mass is 16.5. The molecular formula is C13H22N2O2.